The predicted octanol–water partition coefficient (Wildman–Crippen LogP) is 1.49. The molecule has 0 saturated carbocycles. The number of nitrogens with zero attached hydrogens (tertiary/aromatic N) is 1. The first-order valence-corrected chi connectivity index (χ1v) is 7.64. The van der Waals surface area contributed by atoms with E-state index >= 15 is 0 Å². The zero-order valence-electron chi connectivity index (χ0n) is 15.0. The Hall–Kier alpha value is -1.50. The monoisotopic (exact) mass is 316 g/mol. The Morgan fingerprint density at radius 3 is 2.14 bits per heavy atom. The molecule has 0 atom stereocenters. The van der Waals surface area contributed by atoms with Gasteiger partial charge in [-0.1, -0.05) is 0 Å². The molecule has 0 aromatic rings. The minimum Gasteiger partial charge on any atom is -0.444 e. The van der Waals surface area contributed by atoms with Gasteiger partial charge in [0.1, 0.15) is 5.60 Å². The Morgan fingerprint density at radius 1 is 1.05 bits per heavy atom. The van der Waals surface area contributed by atoms with E-state index in [1.54, 1.807) is 7.11 Å². The van der Waals surface area contributed by atoms with Crippen LogP contribution in [0, 0.1) is 0 Å². The van der Waals surface area contributed by atoms with Gasteiger partial charge in [0.05, 0.1) is 12.1 Å². The molecule has 0 aliphatic heterocycles. The molecule has 0 fully saturated rings. The first-order chi connectivity index (χ1) is 10.1. The molecule has 0 heterocycles. The van der Waals surface area contributed by atoms with E-state index in [9.17, 15) is 4.79 Å². The van der Waals surface area contributed by atoms with E-state index in [0.29, 0.717) is 25.6 Å². The maximum Gasteiger partial charge on any atom is 0.407 e. The fourth-order valence-corrected chi connectivity index (χ4v) is 1.34. The number of carbonyl (C=O) groups excluding carboxylic acids is 1. The smallest absolute Gasteiger partial charge is 0.407 e. The van der Waals surface area contributed by atoms with Gasteiger partial charge in [0.25, 0.3) is 0 Å². The molecule has 22 heavy (non-hydrogen) atoms. The van der Waals surface area contributed by atoms with Gasteiger partial charge in [-0.05, 0) is 41.5 Å². The Labute approximate surface area is 134 Å². The average molecular weight is 316 g/mol. The number of amides is 1. The molecule has 0 bridgehead atoms. The van der Waals surface area contributed by atoms with Gasteiger partial charge < -0.3 is 25.4 Å². The lowest BCUT2D eigenvalue weighted by Crippen LogP contribution is -2.43. The molecule has 7 heteroatoms. The van der Waals surface area contributed by atoms with Crippen LogP contribution in [0.2, 0.25) is 0 Å². The number of guanidine groups is 1. The maximum absolute atomic E-state index is 11.5. The summed E-state index contributed by atoms with van der Waals surface area (Å²) in [5.74, 6) is 0.693. The van der Waals surface area contributed by atoms with Crippen LogP contribution in [-0.2, 0) is 9.47 Å². The van der Waals surface area contributed by atoms with Gasteiger partial charge in [0.15, 0.2) is 5.96 Å². The molecule has 0 saturated heterocycles. The van der Waals surface area contributed by atoms with Crippen LogP contribution < -0.4 is 16.0 Å². The van der Waals surface area contributed by atoms with Gasteiger partial charge >= 0.3 is 6.09 Å². The molecule has 0 aliphatic rings. The lowest BCUT2D eigenvalue weighted by atomic mass is 10.1. The van der Waals surface area contributed by atoms with E-state index in [4.69, 9.17) is 9.47 Å². The highest BCUT2D eigenvalue weighted by atomic mass is 16.6. The summed E-state index contributed by atoms with van der Waals surface area (Å²) in [6.07, 6.45) is -0.420. The third kappa shape index (κ3) is 11.2. The fraction of sp³-hybridized carbons (Fsp3) is 0.867. The number of methoxy groups -OCH3 is 1. The first-order valence-electron chi connectivity index (χ1n) is 7.64. The Bertz CT molecular complexity index is 362. The minimum atomic E-state index is -0.486. The van der Waals surface area contributed by atoms with Crippen molar-refractivity contribution in [3.05, 3.63) is 0 Å². The van der Waals surface area contributed by atoms with Crippen molar-refractivity contribution in [2.75, 3.05) is 33.3 Å². The molecule has 0 aromatic carbocycles. The van der Waals surface area contributed by atoms with Crippen molar-refractivity contribution < 1.29 is 14.3 Å². The van der Waals surface area contributed by atoms with Crippen LogP contribution in [0.4, 0.5) is 4.79 Å². The molecule has 0 aliphatic carbocycles. The normalized spacial score (nSPS) is 12.8. The van der Waals surface area contributed by atoms with Gasteiger partial charge in [-0.15, -0.1) is 0 Å². The number of hydrogen-bond acceptors (Lipinski definition) is 4. The van der Waals surface area contributed by atoms with Crippen molar-refractivity contribution in [1.82, 2.24) is 16.0 Å². The minimum absolute atomic E-state index is 0.308. The number of ether oxygens (including phenoxy) is 2. The summed E-state index contributed by atoms with van der Waals surface area (Å²) in [5, 5.41) is 8.98. The highest BCUT2D eigenvalue weighted by Crippen LogP contribution is 2.07. The summed E-state index contributed by atoms with van der Waals surface area (Å²) >= 11 is 0. The second-order valence-corrected chi connectivity index (χ2v) is 6.51. The van der Waals surface area contributed by atoms with Crippen LogP contribution in [-0.4, -0.2) is 56.5 Å². The highest BCUT2D eigenvalue weighted by Gasteiger charge is 2.16. The SMILES string of the molecule is CCNC(=NCC(C)(C)OC)NCCNC(=O)OC(C)(C)C. The van der Waals surface area contributed by atoms with Gasteiger partial charge in [0.2, 0.25) is 0 Å². The van der Waals surface area contributed by atoms with Crippen molar-refractivity contribution in [2.45, 2.75) is 52.7 Å². The van der Waals surface area contributed by atoms with E-state index in [0.717, 1.165) is 6.54 Å². The quantitative estimate of drug-likeness (QED) is 0.376. The zero-order valence-corrected chi connectivity index (χ0v) is 15.0. The van der Waals surface area contributed by atoms with Crippen molar-refractivity contribution in [3.63, 3.8) is 0 Å². The lowest BCUT2D eigenvalue weighted by molar-refractivity contribution is 0.0310. The number of carbonyl (C=O) groups is 1. The van der Waals surface area contributed by atoms with Gasteiger partial charge in [-0.25, -0.2) is 4.79 Å². The first kappa shape index (κ1) is 20.5. The Morgan fingerprint density at radius 2 is 1.64 bits per heavy atom. The molecule has 130 valence electrons. The molecule has 0 spiro atoms. The van der Waals surface area contributed by atoms with Gasteiger partial charge in [-0.3, -0.25) is 4.99 Å². The molecule has 1 amide bonds. The van der Waals surface area contributed by atoms with Crippen LogP contribution in [0.15, 0.2) is 4.99 Å². The molecule has 0 aromatic heterocycles. The largest absolute Gasteiger partial charge is 0.444 e. The van der Waals surface area contributed by atoms with Crippen LogP contribution in [0.1, 0.15) is 41.5 Å². The Balaban J connectivity index is 4.16. The highest BCUT2D eigenvalue weighted by molar-refractivity contribution is 5.79. The van der Waals surface area contributed by atoms with E-state index in [2.05, 4.69) is 20.9 Å². The van der Waals surface area contributed by atoms with Crippen LogP contribution >= 0.6 is 0 Å². The van der Waals surface area contributed by atoms with Gasteiger partial charge in [-0.2, -0.15) is 0 Å². The molecule has 0 unspecified atom stereocenters. The van der Waals surface area contributed by atoms with E-state index in [-0.39, 0.29) is 5.60 Å². The summed E-state index contributed by atoms with van der Waals surface area (Å²) in [6, 6.07) is 0. The molecular formula is C15H32N4O3. The number of rotatable bonds is 7. The summed E-state index contributed by atoms with van der Waals surface area (Å²) in [6.45, 7) is 13.8. The third-order valence-corrected chi connectivity index (χ3v) is 2.60. The number of hydrogen-bond donors (Lipinski definition) is 3. The topological polar surface area (TPSA) is 84.0 Å². The second-order valence-electron chi connectivity index (χ2n) is 6.51. The maximum atomic E-state index is 11.5. The van der Waals surface area contributed by atoms with Crippen molar-refractivity contribution in [3.8, 4) is 0 Å². The van der Waals surface area contributed by atoms with E-state index in [1.807, 2.05) is 41.5 Å². The second kappa shape index (κ2) is 9.50. The molecule has 0 radical (unpaired) electrons. The van der Waals surface area contributed by atoms with E-state index in [1.165, 1.54) is 0 Å². The number of nitrogens with one attached hydrogen (secondary N) is 3. The number of alkyl carbamates (subject to hydrolysis) is 1. The van der Waals surface area contributed by atoms with Crippen molar-refractivity contribution in [2.24, 2.45) is 4.99 Å². The van der Waals surface area contributed by atoms with Crippen molar-refractivity contribution in [1.29, 1.82) is 0 Å². The molecule has 7 nitrogen and oxygen atoms in total. The van der Waals surface area contributed by atoms with Crippen LogP contribution in [0.5, 0.6) is 0 Å². The van der Waals surface area contributed by atoms with E-state index < -0.39 is 11.7 Å². The zero-order chi connectivity index (χ0) is 17.2. The molecule has 0 rings (SSSR count). The third-order valence-electron chi connectivity index (χ3n) is 2.60. The standard InChI is InChI=1S/C15H32N4O3/c1-8-16-12(19-11-15(5,6)21-7)17-9-10-18-13(20)22-14(2,3)4/h8-11H2,1-7H3,(H,18,20)(H2,16,17,19). The molecule has 3 N–H and O–H groups in total. The Kier molecular flexibility index (Phi) is 8.86. The predicted molar refractivity (Wildman–Crippen MR) is 89.3 cm³/mol. The van der Waals surface area contributed by atoms with Crippen LogP contribution in [0.3, 0.4) is 0 Å². The fourth-order valence-electron chi connectivity index (χ4n) is 1.34. The van der Waals surface area contributed by atoms with Crippen molar-refractivity contribution >= 4 is 12.1 Å². The number of aliphatic imine (C=N–C) groups is 1. The lowest BCUT2D eigenvalue weighted by Gasteiger charge is -2.21. The van der Waals surface area contributed by atoms with Crippen LogP contribution in [0.25, 0.3) is 0 Å². The average Bonchev–Trinajstić information content (AvgIpc) is 2.39. The summed E-state index contributed by atoms with van der Waals surface area (Å²) in [7, 11) is 1.67. The molecular weight excluding hydrogens is 284 g/mol. The van der Waals surface area contributed by atoms with Gasteiger partial charge in [0, 0.05) is 26.7 Å². The summed E-state index contributed by atoms with van der Waals surface area (Å²) in [4.78, 5) is 16.0. The summed E-state index contributed by atoms with van der Waals surface area (Å²) < 4.78 is 10.5. The summed E-state index contributed by atoms with van der Waals surface area (Å²) in [5.41, 5.74) is -0.795.